The Kier molecular flexibility index (Phi) is 6.70. The Hall–Kier alpha value is -2.37. The third-order valence-electron chi connectivity index (χ3n) is 4.28. The molecule has 1 aromatic heterocycles. The Balaban J connectivity index is 1.50. The molecule has 0 bridgehead atoms. The molecule has 146 valence electrons. The van der Waals surface area contributed by atoms with Gasteiger partial charge in [-0.1, -0.05) is 41.4 Å². The number of nitrogens with zero attached hydrogens (tertiary/aromatic N) is 1. The highest BCUT2D eigenvalue weighted by Crippen LogP contribution is 2.31. The molecular formula is C22H23ClN2O2S. The van der Waals surface area contributed by atoms with Crippen LogP contribution in [0.25, 0.3) is 11.3 Å². The van der Waals surface area contributed by atoms with Gasteiger partial charge < -0.3 is 10.1 Å². The minimum Gasteiger partial charge on any atom is -0.493 e. The number of halogens is 1. The van der Waals surface area contributed by atoms with E-state index in [0.717, 1.165) is 27.4 Å². The third-order valence-corrected chi connectivity index (χ3v) is 5.40. The van der Waals surface area contributed by atoms with E-state index in [2.05, 4.69) is 23.3 Å². The number of benzene rings is 2. The summed E-state index contributed by atoms with van der Waals surface area (Å²) in [5.74, 6) is 0.809. The zero-order chi connectivity index (χ0) is 20.1. The lowest BCUT2D eigenvalue weighted by Crippen LogP contribution is -2.12. The minimum absolute atomic E-state index is 0.0596. The van der Waals surface area contributed by atoms with Crippen molar-refractivity contribution in [3.63, 3.8) is 0 Å². The highest BCUT2D eigenvalue weighted by atomic mass is 35.5. The van der Waals surface area contributed by atoms with Gasteiger partial charge in [-0.3, -0.25) is 4.79 Å². The van der Waals surface area contributed by atoms with Gasteiger partial charge in [0.1, 0.15) is 5.75 Å². The van der Waals surface area contributed by atoms with E-state index >= 15 is 0 Å². The number of rotatable bonds is 7. The van der Waals surface area contributed by atoms with Gasteiger partial charge in [-0.25, -0.2) is 4.98 Å². The highest BCUT2D eigenvalue weighted by Gasteiger charge is 2.12. The van der Waals surface area contributed by atoms with Crippen molar-refractivity contribution in [3.8, 4) is 17.0 Å². The Morgan fingerprint density at radius 1 is 1.18 bits per heavy atom. The van der Waals surface area contributed by atoms with Crippen LogP contribution in [0.15, 0.2) is 42.5 Å². The Labute approximate surface area is 174 Å². The maximum atomic E-state index is 12.2. The van der Waals surface area contributed by atoms with E-state index in [9.17, 15) is 4.79 Å². The first-order valence-corrected chi connectivity index (χ1v) is 10.3. The molecule has 1 heterocycles. The lowest BCUT2D eigenvalue weighted by Gasteiger charge is -2.09. The van der Waals surface area contributed by atoms with Gasteiger partial charge in [0.05, 0.1) is 12.3 Å². The van der Waals surface area contributed by atoms with Gasteiger partial charge in [0.2, 0.25) is 5.91 Å². The molecule has 0 radical (unpaired) electrons. The second-order valence-electron chi connectivity index (χ2n) is 6.70. The van der Waals surface area contributed by atoms with E-state index in [4.69, 9.17) is 16.3 Å². The molecule has 1 amide bonds. The number of thiazole rings is 1. The van der Waals surface area contributed by atoms with Crippen LogP contribution in [-0.2, 0) is 4.79 Å². The number of amides is 1. The number of ether oxygens (including phenoxy) is 1. The molecule has 28 heavy (non-hydrogen) atoms. The first-order chi connectivity index (χ1) is 13.4. The van der Waals surface area contributed by atoms with Crippen molar-refractivity contribution in [2.75, 3.05) is 11.9 Å². The number of hydrogen-bond donors (Lipinski definition) is 1. The maximum Gasteiger partial charge on any atom is 0.226 e. The van der Waals surface area contributed by atoms with Crippen LogP contribution in [0, 0.1) is 20.8 Å². The lowest BCUT2D eigenvalue weighted by molar-refractivity contribution is -0.116. The van der Waals surface area contributed by atoms with Crippen LogP contribution < -0.4 is 10.1 Å². The van der Waals surface area contributed by atoms with Crippen LogP contribution in [0.3, 0.4) is 0 Å². The van der Waals surface area contributed by atoms with Crippen molar-refractivity contribution in [2.24, 2.45) is 0 Å². The normalized spacial score (nSPS) is 10.7. The minimum atomic E-state index is -0.0596. The summed E-state index contributed by atoms with van der Waals surface area (Å²) in [6, 6.07) is 13.6. The van der Waals surface area contributed by atoms with E-state index in [0.29, 0.717) is 29.6 Å². The van der Waals surface area contributed by atoms with Gasteiger partial charge >= 0.3 is 0 Å². The molecule has 0 aliphatic carbocycles. The van der Waals surface area contributed by atoms with Crippen LogP contribution in [0.1, 0.15) is 28.8 Å². The molecule has 0 saturated heterocycles. The smallest absolute Gasteiger partial charge is 0.226 e. The van der Waals surface area contributed by atoms with Gasteiger partial charge in [-0.2, -0.15) is 0 Å². The molecule has 0 unspecified atom stereocenters. The van der Waals surface area contributed by atoms with Crippen LogP contribution in [0.5, 0.6) is 5.75 Å². The lowest BCUT2D eigenvalue weighted by atomic mass is 10.1. The van der Waals surface area contributed by atoms with Crippen LogP contribution in [-0.4, -0.2) is 17.5 Å². The molecule has 0 spiro atoms. The van der Waals surface area contributed by atoms with Crippen molar-refractivity contribution in [1.29, 1.82) is 0 Å². The molecule has 0 saturated carbocycles. The summed E-state index contributed by atoms with van der Waals surface area (Å²) in [5.41, 5.74) is 4.11. The summed E-state index contributed by atoms with van der Waals surface area (Å²) in [7, 11) is 0. The monoisotopic (exact) mass is 414 g/mol. The molecule has 6 heteroatoms. The summed E-state index contributed by atoms with van der Waals surface area (Å²) >= 11 is 7.53. The topological polar surface area (TPSA) is 51.2 Å². The van der Waals surface area contributed by atoms with Crippen molar-refractivity contribution >= 4 is 34.0 Å². The summed E-state index contributed by atoms with van der Waals surface area (Å²) in [4.78, 5) is 17.8. The van der Waals surface area contributed by atoms with Crippen LogP contribution in [0.4, 0.5) is 5.13 Å². The fourth-order valence-corrected chi connectivity index (χ4v) is 3.95. The summed E-state index contributed by atoms with van der Waals surface area (Å²) in [6.07, 6.45) is 1.03. The molecule has 3 aromatic rings. The first-order valence-electron chi connectivity index (χ1n) is 9.15. The Morgan fingerprint density at radius 3 is 2.75 bits per heavy atom. The molecule has 4 nitrogen and oxygen atoms in total. The second-order valence-corrected chi connectivity index (χ2v) is 8.34. The molecule has 0 fully saturated rings. The third kappa shape index (κ3) is 5.33. The van der Waals surface area contributed by atoms with Gasteiger partial charge in [-0.15, -0.1) is 11.3 Å². The predicted octanol–water partition coefficient (Wildman–Crippen LogP) is 6.19. The average molecular weight is 415 g/mol. The van der Waals surface area contributed by atoms with E-state index in [1.807, 2.05) is 50.2 Å². The molecule has 3 rings (SSSR count). The molecule has 1 N–H and O–H groups in total. The Morgan fingerprint density at radius 2 is 2.00 bits per heavy atom. The van der Waals surface area contributed by atoms with Crippen molar-refractivity contribution < 1.29 is 9.53 Å². The maximum absolute atomic E-state index is 12.2. The van der Waals surface area contributed by atoms with Crippen LogP contribution in [0.2, 0.25) is 5.02 Å². The zero-order valence-corrected chi connectivity index (χ0v) is 17.8. The van der Waals surface area contributed by atoms with Crippen molar-refractivity contribution in [3.05, 3.63) is 63.5 Å². The molecule has 0 aliphatic rings. The van der Waals surface area contributed by atoms with E-state index in [1.165, 1.54) is 16.9 Å². The van der Waals surface area contributed by atoms with Gasteiger partial charge in [0, 0.05) is 21.9 Å². The number of aryl methyl sites for hydroxylation is 3. The zero-order valence-electron chi connectivity index (χ0n) is 16.2. The summed E-state index contributed by atoms with van der Waals surface area (Å²) in [5, 5.41) is 4.16. The number of aromatic nitrogens is 1. The second kappa shape index (κ2) is 9.22. The highest BCUT2D eigenvalue weighted by molar-refractivity contribution is 7.16. The number of nitrogens with one attached hydrogen (secondary N) is 1. The van der Waals surface area contributed by atoms with Gasteiger partial charge in [0.25, 0.3) is 0 Å². The fraction of sp³-hybridized carbons (Fsp3) is 0.273. The summed E-state index contributed by atoms with van der Waals surface area (Å²) in [6.45, 7) is 6.57. The molecule has 0 atom stereocenters. The largest absolute Gasteiger partial charge is 0.493 e. The molecule has 2 aromatic carbocycles. The molecule has 0 aliphatic heterocycles. The number of carbonyl (C=O) groups excluding carboxylic acids is 1. The van der Waals surface area contributed by atoms with E-state index in [-0.39, 0.29) is 5.91 Å². The Bertz CT molecular complexity index is 984. The van der Waals surface area contributed by atoms with Crippen molar-refractivity contribution in [2.45, 2.75) is 33.6 Å². The van der Waals surface area contributed by atoms with E-state index < -0.39 is 0 Å². The van der Waals surface area contributed by atoms with Gasteiger partial charge in [-0.05, 0) is 51.0 Å². The standard InChI is InChI=1S/C22H23ClN2O2S/c1-14-9-10-19(15(2)12-14)27-11-5-8-20(26)24-22-25-21(16(3)28-22)17-6-4-7-18(23)13-17/h4,6-7,9-10,12-13H,5,8,11H2,1-3H3,(H,24,25,26). The van der Waals surface area contributed by atoms with Crippen LogP contribution >= 0.6 is 22.9 Å². The average Bonchev–Trinajstić information content (AvgIpc) is 3.00. The fourth-order valence-electron chi connectivity index (χ4n) is 2.91. The molecular weight excluding hydrogens is 392 g/mol. The van der Waals surface area contributed by atoms with E-state index in [1.54, 1.807) is 0 Å². The number of carbonyl (C=O) groups is 1. The number of hydrogen-bond acceptors (Lipinski definition) is 4. The van der Waals surface area contributed by atoms with Gasteiger partial charge in [0.15, 0.2) is 5.13 Å². The first kappa shape index (κ1) is 20.4. The SMILES string of the molecule is Cc1ccc(OCCCC(=O)Nc2nc(-c3cccc(Cl)c3)c(C)s2)c(C)c1. The number of anilines is 1. The predicted molar refractivity (Wildman–Crippen MR) is 117 cm³/mol. The summed E-state index contributed by atoms with van der Waals surface area (Å²) < 4.78 is 5.78. The van der Waals surface area contributed by atoms with Crippen molar-refractivity contribution in [1.82, 2.24) is 4.98 Å². The quantitative estimate of drug-likeness (QED) is 0.469.